The fourth-order valence-corrected chi connectivity index (χ4v) is 3.72. The van der Waals surface area contributed by atoms with Crippen LogP contribution in [-0.2, 0) is 6.42 Å². The van der Waals surface area contributed by atoms with E-state index >= 15 is 0 Å². The predicted octanol–water partition coefficient (Wildman–Crippen LogP) is 3.11. The number of aromatic carboxylic acids is 1. The lowest BCUT2D eigenvalue weighted by atomic mass is 9.99. The molecule has 0 saturated carbocycles. The van der Waals surface area contributed by atoms with Crippen molar-refractivity contribution in [2.45, 2.75) is 13.3 Å². The number of hydrogen-bond acceptors (Lipinski definition) is 5. The van der Waals surface area contributed by atoms with Crippen LogP contribution in [0.4, 0.5) is 11.4 Å². The second kappa shape index (κ2) is 4.45. The summed E-state index contributed by atoms with van der Waals surface area (Å²) in [4.78, 5) is 22.4. The summed E-state index contributed by atoms with van der Waals surface area (Å²) in [7, 11) is 0. The summed E-state index contributed by atoms with van der Waals surface area (Å²) < 4.78 is 0.777. The molecule has 1 unspecified atom stereocenters. The first-order valence-corrected chi connectivity index (χ1v) is 7.00. The summed E-state index contributed by atoms with van der Waals surface area (Å²) in [6.45, 7) is 2.60. The van der Waals surface area contributed by atoms with Crippen molar-refractivity contribution >= 4 is 38.8 Å². The van der Waals surface area contributed by atoms with E-state index in [-0.39, 0.29) is 16.5 Å². The zero-order valence-electron chi connectivity index (χ0n) is 10.7. The fraction of sp³-hybridized carbons (Fsp3) is 0.308. The standard InChI is InChI=1S/C13H12N2O4S/c1-6-4-7-10-9(20-12(7)13(16)17)3-2-8(15(18)19)11(10)14-5-6/h2-3,6,14H,4-5H2,1H3,(H,16,17). The molecule has 0 amide bonds. The Morgan fingerprint density at radius 3 is 2.95 bits per heavy atom. The molecule has 1 aromatic carbocycles. The van der Waals surface area contributed by atoms with E-state index in [0.29, 0.717) is 29.6 Å². The molecule has 0 aliphatic carbocycles. The summed E-state index contributed by atoms with van der Waals surface area (Å²) in [5.74, 6) is -0.748. The van der Waals surface area contributed by atoms with Crippen molar-refractivity contribution in [3.63, 3.8) is 0 Å². The van der Waals surface area contributed by atoms with Crippen LogP contribution < -0.4 is 5.32 Å². The topological polar surface area (TPSA) is 92.5 Å². The lowest BCUT2D eigenvalue weighted by Crippen LogP contribution is -2.12. The minimum Gasteiger partial charge on any atom is -0.477 e. The first-order valence-electron chi connectivity index (χ1n) is 6.19. The van der Waals surface area contributed by atoms with Crippen molar-refractivity contribution in [1.82, 2.24) is 0 Å². The average Bonchev–Trinajstić information content (AvgIpc) is 2.65. The molecule has 1 aliphatic heterocycles. The Morgan fingerprint density at radius 2 is 2.30 bits per heavy atom. The maximum Gasteiger partial charge on any atom is 0.346 e. The van der Waals surface area contributed by atoms with Crippen LogP contribution >= 0.6 is 11.3 Å². The Balaban J connectivity index is 2.39. The Kier molecular flexibility index (Phi) is 2.86. The van der Waals surface area contributed by atoms with E-state index in [2.05, 4.69) is 5.32 Å². The van der Waals surface area contributed by atoms with Crippen molar-refractivity contribution in [3.8, 4) is 0 Å². The van der Waals surface area contributed by atoms with E-state index in [0.717, 1.165) is 4.70 Å². The van der Waals surface area contributed by atoms with Gasteiger partial charge in [0, 0.05) is 22.7 Å². The van der Waals surface area contributed by atoms with E-state index in [9.17, 15) is 20.0 Å². The minimum atomic E-state index is -0.969. The third kappa shape index (κ3) is 1.82. The van der Waals surface area contributed by atoms with Crippen molar-refractivity contribution in [2.24, 2.45) is 5.92 Å². The summed E-state index contributed by atoms with van der Waals surface area (Å²) in [6.07, 6.45) is 0.614. The van der Waals surface area contributed by atoms with Gasteiger partial charge in [0.2, 0.25) is 0 Å². The van der Waals surface area contributed by atoms with Gasteiger partial charge >= 0.3 is 5.97 Å². The highest BCUT2D eigenvalue weighted by Crippen LogP contribution is 2.43. The highest BCUT2D eigenvalue weighted by molar-refractivity contribution is 7.21. The molecule has 1 atom stereocenters. The van der Waals surface area contributed by atoms with Crippen LogP contribution in [-0.4, -0.2) is 22.5 Å². The number of benzene rings is 1. The SMILES string of the molecule is CC1CNc2c([N+](=O)[O-])ccc3sc(C(=O)O)c(c23)C1. The lowest BCUT2D eigenvalue weighted by molar-refractivity contribution is -0.383. The quantitative estimate of drug-likeness (QED) is 0.655. The molecule has 1 aliphatic rings. The first kappa shape index (κ1) is 12.9. The van der Waals surface area contributed by atoms with Gasteiger partial charge in [-0.1, -0.05) is 6.92 Å². The molecule has 20 heavy (non-hydrogen) atoms. The zero-order valence-corrected chi connectivity index (χ0v) is 11.5. The van der Waals surface area contributed by atoms with Crippen LogP contribution in [0.25, 0.3) is 10.1 Å². The molecule has 0 fully saturated rings. The van der Waals surface area contributed by atoms with Crippen molar-refractivity contribution < 1.29 is 14.8 Å². The number of carboxylic acids is 1. The summed E-state index contributed by atoms with van der Waals surface area (Å²) in [5, 5.41) is 24.3. The van der Waals surface area contributed by atoms with E-state index in [1.807, 2.05) is 6.92 Å². The van der Waals surface area contributed by atoms with Gasteiger partial charge in [0.25, 0.3) is 5.69 Å². The molecule has 2 heterocycles. The molecule has 7 heteroatoms. The van der Waals surface area contributed by atoms with Gasteiger partial charge in [-0.05, 0) is 24.0 Å². The van der Waals surface area contributed by atoms with E-state index in [1.54, 1.807) is 6.07 Å². The van der Waals surface area contributed by atoms with Crippen LogP contribution in [0.1, 0.15) is 22.2 Å². The summed E-state index contributed by atoms with van der Waals surface area (Å²) in [5.41, 5.74) is 1.17. The predicted molar refractivity (Wildman–Crippen MR) is 76.8 cm³/mol. The van der Waals surface area contributed by atoms with Gasteiger partial charge < -0.3 is 10.4 Å². The molecule has 104 valence electrons. The van der Waals surface area contributed by atoms with Crippen molar-refractivity contribution in [2.75, 3.05) is 11.9 Å². The Hall–Kier alpha value is -2.15. The van der Waals surface area contributed by atoms with Crippen LogP contribution in [0, 0.1) is 16.0 Å². The molecule has 2 N–H and O–H groups in total. The minimum absolute atomic E-state index is 0.00240. The van der Waals surface area contributed by atoms with Gasteiger partial charge in [0.15, 0.2) is 0 Å². The molecular formula is C13H12N2O4S. The molecule has 0 bridgehead atoms. The number of carbonyl (C=O) groups is 1. The van der Waals surface area contributed by atoms with Crippen molar-refractivity contribution in [1.29, 1.82) is 0 Å². The van der Waals surface area contributed by atoms with Crippen LogP contribution in [0.15, 0.2) is 12.1 Å². The second-order valence-electron chi connectivity index (χ2n) is 5.00. The van der Waals surface area contributed by atoms with Crippen molar-refractivity contribution in [3.05, 3.63) is 32.7 Å². The number of anilines is 1. The van der Waals surface area contributed by atoms with Gasteiger partial charge in [-0.25, -0.2) is 4.79 Å². The number of nitrogens with one attached hydrogen (secondary N) is 1. The average molecular weight is 292 g/mol. The fourth-order valence-electron chi connectivity index (χ4n) is 2.64. The number of carboxylic acid groups (broad SMARTS) is 1. The lowest BCUT2D eigenvalue weighted by Gasteiger charge is -2.09. The molecule has 2 aromatic rings. The van der Waals surface area contributed by atoms with Gasteiger partial charge in [0.05, 0.1) is 4.92 Å². The van der Waals surface area contributed by atoms with E-state index < -0.39 is 10.9 Å². The number of thiophene rings is 1. The molecule has 3 rings (SSSR count). The largest absolute Gasteiger partial charge is 0.477 e. The number of rotatable bonds is 2. The van der Waals surface area contributed by atoms with Crippen LogP contribution in [0.2, 0.25) is 0 Å². The third-order valence-corrected chi connectivity index (χ3v) is 4.69. The molecule has 1 aromatic heterocycles. The highest BCUT2D eigenvalue weighted by atomic mass is 32.1. The van der Waals surface area contributed by atoms with Gasteiger partial charge in [-0.2, -0.15) is 0 Å². The molecule has 0 saturated heterocycles. The van der Waals surface area contributed by atoms with E-state index in [1.165, 1.54) is 17.4 Å². The molecular weight excluding hydrogens is 280 g/mol. The van der Waals surface area contributed by atoms with Gasteiger partial charge in [-0.3, -0.25) is 10.1 Å². The van der Waals surface area contributed by atoms with Crippen LogP contribution in [0.3, 0.4) is 0 Å². The summed E-state index contributed by atoms with van der Waals surface area (Å²) in [6, 6.07) is 3.07. The van der Waals surface area contributed by atoms with Crippen LogP contribution in [0.5, 0.6) is 0 Å². The second-order valence-corrected chi connectivity index (χ2v) is 6.05. The monoisotopic (exact) mass is 292 g/mol. The maximum absolute atomic E-state index is 11.4. The zero-order chi connectivity index (χ0) is 14.4. The Labute approximate surface area is 118 Å². The Bertz CT molecular complexity index is 738. The Morgan fingerprint density at radius 1 is 1.55 bits per heavy atom. The number of nitrogens with zero attached hydrogens (tertiary/aromatic N) is 1. The third-order valence-electron chi connectivity index (χ3n) is 3.50. The van der Waals surface area contributed by atoms with Gasteiger partial charge in [-0.15, -0.1) is 11.3 Å². The first-order chi connectivity index (χ1) is 9.49. The highest BCUT2D eigenvalue weighted by Gasteiger charge is 2.28. The molecule has 0 radical (unpaired) electrons. The summed E-state index contributed by atoms with van der Waals surface area (Å²) >= 11 is 1.18. The smallest absolute Gasteiger partial charge is 0.346 e. The number of nitro groups is 1. The molecule has 6 nitrogen and oxygen atoms in total. The van der Waals surface area contributed by atoms with Gasteiger partial charge in [0.1, 0.15) is 10.6 Å². The molecule has 0 spiro atoms. The van der Waals surface area contributed by atoms with E-state index in [4.69, 9.17) is 0 Å². The number of nitro benzene ring substituents is 1. The maximum atomic E-state index is 11.4. The number of hydrogen-bond donors (Lipinski definition) is 2. The normalized spacial score (nSPS) is 17.6.